The second kappa shape index (κ2) is 8.24. The van der Waals surface area contributed by atoms with E-state index in [4.69, 9.17) is 9.84 Å². The minimum absolute atomic E-state index is 0.0519. The molecular formula is C17H23NO4S. The van der Waals surface area contributed by atoms with Crippen molar-refractivity contribution in [3.8, 4) is 5.75 Å². The summed E-state index contributed by atoms with van der Waals surface area (Å²) in [6, 6.07) is 7.74. The average molecular weight is 337 g/mol. The molecule has 0 atom stereocenters. The second-order valence-electron chi connectivity index (χ2n) is 5.72. The van der Waals surface area contributed by atoms with E-state index in [2.05, 4.69) is 5.32 Å². The summed E-state index contributed by atoms with van der Waals surface area (Å²) in [5.41, 5.74) is 0.579. The van der Waals surface area contributed by atoms with Crippen LogP contribution in [0.15, 0.2) is 24.3 Å². The van der Waals surface area contributed by atoms with Gasteiger partial charge < -0.3 is 15.2 Å². The Morgan fingerprint density at radius 2 is 1.91 bits per heavy atom. The highest BCUT2D eigenvalue weighted by molar-refractivity contribution is 7.99. The van der Waals surface area contributed by atoms with Gasteiger partial charge in [0.15, 0.2) is 0 Å². The fourth-order valence-corrected chi connectivity index (χ4v) is 3.67. The van der Waals surface area contributed by atoms with Crippen LogP contribution in [0.4, 0.5) is 0 Å². The van der Waals surface area contributed by atoms with Crippen molar-refractivity contribution in [2.24, 2.45) is 0 Å². The monoisotopic (exact) mass is 337 g/mol. The Labute approximate surface area is 140 Å². The van der Waals surface area contributed by atoms with Crippen molar-refractivity contribution < 1.29 is 19.4 Å². The quantitative estimate of drug-likeness (QED) is 0.713. The minimum Gasteiger partial charge on any atom is -0.497 e. The number of carboxylic acids is 1. The molecule has 0 bridgehead atoms. The van der Waals surface area contributed by atoms with E-state index in [-0.39, 0.29) is 11.7 Å². The normalized spacial score (nSPS) is 16.0. The van der Waals surface area contributed by atoms with Crippen molar-refractivity contribution in [3.05, 3.63) is 29.8 Å². The maximum atomic E-state index is 12.8. The molecule has 5 nitrogen and oxygen atoms in total. The third kappa shape index (κ3) is 4.41. The fourth-order valence-electron chi connectivity index (χ4n) is 3.10. The van der Waals surface area contributed by atoms with Gasteiger partial charge in [-0.25, -0.2) is 0 Å². The van der Waals surface area contributed by atoms with Gasteiger partial charge in [0, 0.05) is 12.3 Å². The van der Waals surface area contributed by atoms with E-state index in [0.717, 1.165) is 37.0 Å². The van der Waals surface area contributed by atoms with Crippen LogP contribution in [0.1, 0.15) is 31.2 Å². The van der Waals surface area contributed by atoms with Crippen LogP contribution in [0.2, 0.25) is 0 Å². The maximum Gasteiger partial charge on any atom is 0.313 e. The molecule has 0 spiro atoms. The second-order valence-corrected chi connectivity index (χ2v) is 6.83. The Morgan fingerprint density at radius 1 is 1.26 bits per heavy atom. The van der Waals surface area contributed by atoms with Gasteiger partial charge in [-0.05, 0) is 30.5 Å². The summed E-state index contributed by atoms with van der Waals surface area (Å²) in [6.07, 6.45) is 3.81. The van der Waals surface area contributed by atoms with Gasteiger partial charge in [0.2, 0.25) is 5.91 Å². The zero-order chi connectivity index (χ0) is 16.7. The fraction of sp³-hybridized carbons (Fsp3) is 0.529. The Hall–Kier alpha value is -1.69. The first-order valence-corrected chi connectivity index (χ1v) is 8.96. The van der Waals surface area contributed by atoms with Crippen molar-refractivity contribution in [1.82, 2.24) is 5.32 Å². The number of benzene rings is 1. The van der Waals surface area contributed by atoms with Crippen LogP contribution in [0.3, 0.4) is 0 Å². The number of hydrogen-bond donors (Lipinski definition) is 2. The van der Waals surface area contributed by atoms with Crippen molar-refractivity contribution in [1.29, 1.82) is 0 Å². The molecule has 1 aromatic carbocycles. The van der Waals surface area contributed by atoms with Crippen LogP contribution >= 0.6 is 11.8 Å². The third-order valence-electron chi connectivity index (χ3n) is 4.29. The Bertz CT molecular complexity index is 538. The van der Waals surface area contributed by atoms with E-state index in [9.17, 15) is 9.59 Å². The first-order valence-electron chi connectivity index (χ1n) is 7.81. The Morgan fingerprint density at radius 3 is 2.48 bits per heavy atom. The summed E-state index contributed by atoms with van der Waals surface area (Å²) < 4.78 is 5.19. The molecule has 2 N–H and O–H groups in total. The van der Waals surface area contributed by atoms with Gasteiger partial charge in [0.05, 0.1) is 18.3 Å². The molecule has 1 aliphatic carbocycles. The molecule has 0 saturated heterocycles. The lowest BCUT2D eigenvalue weighted by Crippen LogP contribution is -2.43. The molecule has 0 heterocycles. The predicted molar refractivity (Wildman–Crippen MR) is 91.1 cm³/mol. The van der Waals surface area contributed by atoms with E-state index in [1.807, 2.05) is 24.3 Å². The van der Waals surface area contributed by atoms with Crippen LogP contribution in [0, 0.1) is 0 Å². The summed E-state index contributed by atoms with van der Waals surface area (Å²) in [6.45, 7) is 0.495. The SMILES string of the molecule is COc1ccc(C2(C(=O)NCCSCC(=O)O)CCCC2)cc1. The highest BCUT2D eigenvalue weighted by atomic mass is 32.2. The summed E-state index contributed by atoms with van der Waals surface area (Å²) >= 11 is 1.31. The minimum atomic E-state index is -0.827. The number of carboxylic acid groups (broad SMARTS) is 1. The van der Waals surface area contributed by atoms with E-state index >= 15 is 0 Å². The van der Waals surface area contributed by atoms with Crippen molar-refractivity contribution in [3.63, 3.8) is 0 Å². The molecule has 1 saturated carbocycles. The van der Waals surface area contributed by atoms with E-state index in [1.165, 1.54) is 11.8 Å². The summed E-state index contributed by atoms with van der Waals surface area (Å²) in [7, 11) is 1.63. The van der Waals surface area contributed by atoms with Crippen LogP contribution in [0.25, 0.3) is 0 Å². The van der Waals surface area contributed by atoms with E-state index < -0.39 is 11.4 Å². The van der Waals surface area contributed by atoms with Gasteiger partial charge in [-0.1, -0.05) is 25.0 Å². The van der Waals surface area contributed by atoms with Gasteiger partial charge >= 0.3 is 5.97 Å². The largest absolute Gasteiger partial charge is 0.497 e. The number of methoxy groups -OCH3 is 1. The molecule has 1 amide bonds. The first-order chi connectivity index (χ1) is 11.1. The van der Waals surface area contributed by atoms with Gasteiger partial charge in [0.25, 0.3) is 0 Å². The average Bonchev–Trinajstić information content (AvgIpc) is 3.05. The summed E-state index contributed by atoms with van der Waals surface area (Å²) in [5, 5.41) is 11.6. The third-order valence-corrected chi connectivity index (χ3v) is 5.24. The van der Waals surface area contributed by atoms with E-state index in [1.54, 1.807) is 7.11 Å². The Balaban J connectivity index is 1.98. The lowest BCUT2D eigenvalue weighted by atomic mass is 9.78. The molecule has 6 heteroatoms. The van der Waals surface area contributed by atoms with Gasteiger partial charge in [0.1, 0.15) is 5.75 Å². The van der Waals surface area contributed by atoms with Gasteiger partial charge in [-0.15, -0.1) is 11.8 Å². The van der Waals surface area contributed by atoms with Crippen LogP contribution in [-0.4, -0.2) is 42.1 Å². The molecule has 0 aliphatic heterocycles. The van der Waals surface area contributed by atoms with Gasteiger partial charge in [-0.2, -0.15) is 0 Å². The van der Waals surface area contributed by atoms with Crippen molar-refractivity contribution in [2.75, 3.05) is 25.2 Å². The lowest BCUT2D eigenvalue weighted by molar-refractivity contribution is -0.134. The maximum absolute atomic E-state index is 12.8. The molecular weight excluding hydrogens is 314 g/mol. The lowest BCUT2D eigenvalue weighted by Gasteiger charge is -2.28. The molecule has 1 fully saturated rings. The van der Waals surface area contributed by atoms with Gasteiger partial charge in [-0.3, -0.25) is 9.59 Å². The topological polar surface area (TPSA) is 75.6 Å². The molecule has 1 aromatic rings. The number of hydrogen-bond acceptors (Lipinski definition) is 4. The zero-order valence-electron chi connectivity index (χ0n) is 13.3. The highest BCUT2D eigenvalue weighted by Crippen LogP contribution is 2.41. The zero-order valence-corrected chi connectivity index (χ0v) is 14.2. The number of carbonyl (C=O) groups excluding carboxylic acids is 1. The van der Waals surface area contributed by atoms with E-state index in [0.29, 0.717) is 12.3 Å². The molecule has 23 heavy (non-hydrogen) atoms. The van der Waals surface area contributed by atoms with Crippen molar-refractivity contribution >= 4 is 23.6 Å². The number of ether oxygens (including phenoxy) is 1. The molecule has 0 radical (unpaired) electrons. The number of nitrogens with one attached hydrogen (secondary N) is 1. The molecule has 126 valence electrons. The smallest absolute Gasteiger partial charge is 0.313 e. The summed E-state index contributed by atoms with van der Waals surface area (Å²) in [5.74, 6) is 0.686. The standard InChI is InChI=1S/C17H23NO4S/c1-22-14-6-4-13(5-7-14)17(8-2-3-9-17)16(21)18-10-11-23-12-15(19)20/h4-7H,2-3,8-12H2,1H3,(H,18,21)(H,19,20). The highest BCUT2D eigenvalue weighted by Gasteiger charge is 2.42. The number of rotatable bonds is 8. The molecule has 2 rings (SSSR count). The van der Waals surface area contributed by atoms with Crippen LogP contribution in [0.5, 0.6) is 5.75 Å². The molecule has 1 aliphatic rings. The predicted octanol–water partition coefficient (Wildman–Crippen LogP) is 2.44. The molecule has 0 aromatic heterocycles. The van der Waals surface area contributed by atoms with Crippen LogP contribution < -0.4 is 10.1 Å². The molecule has 0 unspecified atom stereocenters. The number of aliphatic carboxylic acids is 1. The van der Waals surface area contributed by atoms with Crippen molar-refractivity contribution in [2.45, 2.75) is 31.1 Å². The number of thioether (sulfide) groups is 1. The first kappa shape index (κ1) is 17.7. The number of amides is 1. The number of carbonyl (C=O) groups is 2. The van der Waals surface area contributed by atoms with Crippen LogP contribution in [-0.2, 0) is 15.0 Å². The Kier molecular flexibility index (Phi) is 6.33. The summed E-state index contributed by atoms with van der Waals surface area (Å²) in [4.78, 5) is 23.2.